The molecule has 5 heteroatoms. The van der Waals surface area contributed by atoms with E-state index in [1.54, 1.807) is 6.33 Å². The molecule has 1 aromatic heterocycles. The smallest absolute Gasteiger partial charge is 0.222 e. The fourth-order valence-corrected chi connectivity index (χ4v) is 2.78. The lowest BCUT2D eigenvalue weighted by molar-refractivity contribution is -0.121. The van der Waals surface area contributed by atoms with Crippen molar-refractivity contribution in [1.29, 1.82) is 0 Å². The van der Waals surface area contributed by atoms with Crippen LogP contribution in [0, 0.1) is 0 Å². The number of hydrogen-bond acceptors (Lipinski definition) is 3. The number of nitrogens with zero attached hydrogens (tertiary/aromatic N) is 2. The van der Waals surface area contributed by atoms with Crippen molar-refractivity contribution in [3.05, 3.63) is 60.4 Å². The largest absolute Gasteiger partial charge is 0.494 e. The summed E-state index contributed by atoms with van der Waals surface area (Å²) in [4.78, 5) is 16.5. The molecular formula is C21H25N3O2. The van der Waals surface area contributed by atoms with Crippen LogP contribution < -0.4 is 10.1 Å². The molecule has 1 N–H and O–H groups in total. The maximum Gasteiger partial charge on any atom is 0.222 e. The number of benzene rings is 2. The highest BCUT2D eigenvalue weighted by Gasteiger charge is 2.06. The minimum Gasteiger partial charge on any atom is -0.494 e. The SMILES string of the molecule is CCCCOc1cccc(CNC(=O)CCn2cnc3ccccc32)c1. The van der Waals surface area contributed by atoms with Gasteiger partial charge in [0, 0.05) is 19.5 Å². The molecule has 0 atom stereocenters. The summed E-state index contributed by atoms with van der Waals surface area (Å²) >= 11 is 0. The lowest BCUT2D eigenvalue weighted by Gasteiger charge is -2.09. The second-order valence-electron chi connectivity index (χ2n) is 6.30. The molecule has 0 bridgehead atoms. The van der Waals surface area contributed by atoms with Crippen LogP contribution in [0.2, 0.25) is 0 Å². The number of carbonyl (C=O) groups is 1. The number of hydrogen-bond donors (Lipinski definition) is 1. The molecule has 3 rings (SSSR count). The van der Waals surface area contributed by atoms with Gasteiger partial charge in [-0.25, -0.2) is 4.98 Å². The van der Waals surface area contributed by atoms with Gasteiger partial charge in [0.05, 0.1) is 24.0 Å². The van der Waals surface area contributed by atoms with E-state index in [2.05, 4.69) is 17.2 Å². The third-order valence-electron chi connectivity index (χ3n) is 4.26. The molecule has 0 aliphatic rings. The standard InChI is InChI=1S/C21H25N3O2/c1-2-3-13-26-18-8-6-7-17(14-18)15-22-21(25)11-12-24-16-23-19-9-4-5-10-20(19)24/h4-10,14,16H,2-3,11-13,15H2,1H3,(H,22,25). The lowest BCUT2D eigenvalue weighted by Crippen LogP contribution is -2.23. The van der Waals surface area contributed by atoms with Crippen LogP contribution >= 0.6 is 0 Å². The number of nitrogens with one attached hydrogen (secondary N) is 1. The van der Waals surface area contributed by atoms with E-state index in [-0.39, 0.29) is 5.91 Å². The molecule has 0 saturated carbocycles. The van der Waals surface area contributed by atoms with Gasteiger partial charge in [0.25, 0.3) is 0 Å². The predicted octanol–water partition coefficient (Wildman–Crippen LogP) is 3.92. The molecule has 136 valence electrons. The van der Waals surface area contributed by atoms with E-state index in [9.17, 15) is 4.79 Å². The fourth-order valence-electron chi connectivity index (χ4n) is 2.78. The molecule has 5 nitrogen and oxygen atoms in total. The van der Waals surface area contributed by atoms with Gasteiger partial charge in [-0.15, -0.1) is 0 Å². The first-order chi connectivity index (χ1) is 12.8. The van der Waals surface area contributed by atoms with E-state index in [0.29, 0.717) is 19.5 Å². The van der Waals surface area contributed by atoms with Crippen molar-refractivity contribution in [2.45, 2.75) is 39.3 Å². The average Bonchev–Trinajstić information content (AvgIpc) is 3.08. The fraction of sp³-hybridized carbons (Fsp3) is 0.333. The van der Waals surface area contributed by atoms with Crippen LogP contribution in [0.3, 0.4) is 0 Å². The third kappa shape index (κ3) is 4.85. The first-order valence-corrected chi connectivity index (χ1v) is 9.14. The lowest BCUT2D eigenvalue weighted by atomic mass is 10.2. The quantitative estimate of drug-likeness (QED) is 0.595. The maximum absolute atomic E-state index is 12.2. The number of aryl methyl sites for hydroxylation is 1. The highest BCUT2D eigenvalue weighted by molar-refractivity contribution is 5.77. The molecular weight excluding hydrogens is 326 g/mol. The van der Waals surface area contributed by atoms with Crippen LogP contribution in [-0.2, 0) is 17.9 Å². The number of rotatable bonds is 9. The molecule has 2 aromatic carbocycles. The number of fused-ring (bicyclic) bond motifs is 1. The van der Waals surface area contributed by atoms with Crippen molar-refractivity contribution in [1.82, 2.24) is 14.9 Å². The number of carbonyl (C=O) groups excluding carboxylic acids is 1. The van der Waals surface area contributed by atoms with Gasteiger partial charge >= 0.3 is 0 Å². The molecule has 0 fully saturated rings. The molecule has 1 heterocycles. The highest BCUT2D eigenvalue weighted by atomic mass is 16.5. The van der Waals surface area contributed by atoms with Gasteiger partial charge in [0.15, 0.2) is 0 Å². The number of imidazole rings is 1. The van der Waals surface area contributed by atoms with E-state index in [1.807, 2.05) is 53.1 Å². The summed E-state index contributed by atoms with van der Waals surface area (Å²) in [6.45, 7) is 3.99. The maximum atomic E-state index is 12.2. The summed E-state index contributed by atoms with van der Waals surface area (Å²) in [7, 11) is 0. The van der Waals surface area contributed by atoms with Crippen LogP contribution in [0.5, 0.6) is 5.75 Å². The summed E-state index contributed by atoms with van der Waals surface area (Å²) in [5.74, 6) is 0.884. The van der Waals surface area contributed by atoms with E-state index in [1.165, 1.54) is 0 Å². The molecule has 0 aliphatic carbocycles. The summed E-state index contributed by atoms with van der Waals surface area (Å²) in [6.07, 6.45) is 4.37. The Hall–Kier alpha value is -2.82. The van der Waals surface area contributed by atoms with Gasteiger partial charge < -0.3 is 14.6 Å². The Labute approximate surface area is 154 Å². The summed E-state index contributed by atoms with van der Waals surface area (Å²) in [5, 5.41) is 2.98. The van der Waals surface area contributed by atoms with Crippen LogP contribution in [-0.4, -0.2) is 22.1 Å². The molecule has 1 amide bonds. The monoisotopic (exact) mass is 351 g/mol. The highest BCUT2D eigenvalue weighted by Crippen LogP contribution is 2.14. The molecule has 0 radical (unpaired) electrons. The molecule has 0 aliphatic heterocycles. The summed E-state index contributed by atoms with van der Waals surface area (Å²) in [6, 6.07) is 15.8. The van der Waals surface area contributed by atoms with E-state index < -0.39 is 0 Å². The van der Waals surface area contributed by atoms with Crippen molar-refractivity contribution < 1.29 is 9.53 Å². The van der Waals surface area contributed by atoms with Gasteiger partial charge in [0.1, 0.15) is 5.75 Å². The Morgan fingerprint density at radius 1 is 1.19 bits per heavy atom. The topological polar surface area (TPSA) is 56.1 Å². The van der Waals surface area contributed by atoms with Crippen molar-refractivity contribution in [3.8, 4) is 5.75 Å². The van der Waals surface area contributed by atoms with Gasteiger partial charge in [-0.2, -0.15) is 0 Å². The van der Waals surface area contributed by atoms with Crippen molar-refractivity contribution in [3.63, 3.8) is 0 Å². The Bertz CT molecular complexity index is 857. The van der Waals surface area contributed by atoms with Crippen LogP contribution in [0.25, 0.3) is 11.0 Å². The Kier molecular flexibility index (Phi) is 6.25. The van der Waals surface area contributed by atoms with Gasteiger partial charge in [-0.05, 0) is 36.2 Å². The Balaban J connectivity index is 1.47. The van der Waals surface area contributed by atoms with Crippen LogP contribution in [0.15, 0.2) is 54.9 Å². The molecule has 26 heavy (non-hydrogen) atoms. The van der Waals surface area contributed by atoms with Crippen LogP contribution in [0.4, 0.5) is 0 Å². The van der Waals surface area contributed by atoms with Gasteiger partial charge in [-0.1, -0.05) is 37.6 Å². The summed E-state index contributed by atoms with van der Waals surface area (Å²) in [5.41, 5.74) is 3.05. The van der Waals surface area contributed by atoms with Gasteiger partial charge in [0.2, 0.25) is 5.91 Å². The Morgan fingerprint density at radius 3 is 2.96 bits per heavy atom. The van der Waals surface area contributed by atoms with Gasteiger partial charge in [-0.3, -0.25) is 4.79 Å². The zero-order valence-electron chi connectivity index (χ0n) is 15.1. The van der Waals surface area contributed by atoms with Crippen LogP contribution in [0.1, 0.15) is 31.7 Å². The second-order valence-corrected chi connectivity index (χ2v) is 6.30. The molecule has 3 aromatic rings. The van der Waals surface area contributed by atoms with E-state index >= 15 is 0 Å². The second kappa shape index (κ2) is 9.04. The summed E-state index contributed by atoms with van der Waals surface area (Å²) < 4.78 is 7.72. The first kappa shape index (κ1) is 18.0. The number of amides is 1. The zero-order chi connectivity index (χ0) is 18.2. The van der Waals surface area contributed by atoms with Crippen molar-refractivity contribution in [2.75, 3.05) is 6.61 Å². The first-order valence-electron chi connectivity index (χ1n) is 9.14. The minimum atomic E-state index is 0.0279. The number of ether oxygens (including phenoxy) is 1. The Morgan fingerprint density at radius 2 is 2.08 bits per heavy atom. The third-order valence-corrected chi connectivity index (χ3v) is 4.26. The molecule has 0 saturated heterocycles. The van der Waals surface area contributed by atoms with E-state index in [4.69, 9.17) is 4.74 Å². The number of aromatic nitrogens is 2. The van der Waals surface area contributed by atoms with Crippen molar-refractivity contribution >= 4 is 16.9 Å². The molecule has 0 unspecified atom stereocenters. The van der Waals surface area contributed by atoms with Crippen molar-refractivity contribution in [2.24, 2.45) is 0 Å². The minimum absolute atomic E-state index is 0.0279. The predicted molar refractivity (Wildman–Crippen MR) is 103 cm³/mol. The zero-order valence-corrected chi connectivity index (χ0v) is 15.1. The van der Waals surface area contributed by atoms with E-state index in [0.717, 1.165) is 41.8 Å². The number of para-hydroxylation sites is 2. The normalized spacial score (nSPS) is 10.8. The molecule has 0 spiro atoms. The average molecular weight is 351 g/mol. The number of unbranched alkanes of at least 4 members (excludes halogenated alkanes) is 1.